The van der Waals surface area contributed by atoms with E-state index in [1.54, 1.807) is 18.2 Å². The van der Waals surface area contributed by atoms with Gasteiger partial charge in [-0.25, -0.2) is 0 Å². The number of hydrogen-bond acceptors (Lipinski definition) is 5. The first kappa shape index (κ1) is 17.4. The zero-order chi connectivity index (χ0) is 17.8. The zero-order valence-electron chi connectivity index (χ0n) is 13.7. The van der Waals surface area contributed by atoms with E-state index in [1.165, 1.54) is 17.8 Å². The molecule has 7 heteroatoms. The number of hydrogen-bond donors (Lipinski definition) is 0. The van der Waals surface area contributed by atoms with Gasteiger partial charge in [-0.05, 0) is 32.0 Å². The molecule has 0 N–H and O–H groups in total. The summed E-state index contributed by atoms with van der Waals surface area (Å²) in [4.78, 5) is 0. The molecule has 1 heterocycles. The van der Waals surface area contributed by atoms with Crippen LogP contribution in [0.5, 0.6) is 5.75 Å². The van der Waals surface area contributed by atoms with Gasteiger partial charge in [0.1, 0.15) is 5.75 Å². The lowest BCUT2D eigenvalue weighted by Crippen LogP contribution is -2.03. The fourth-order valence-electron chi connectivity index (χ4n) is 2.46. The number of para-hydroxylation sites is 1. The minimum Gasteiger partial charge on any atom is -0.435 e. The predicted octanol–water partition coefficient (Wildman–Crippen LogP) is 5.25. The van der Waals surface area contributed by atoms with Gasteiger partial charge < -0.3 is 9.15 Å². The average molecular weight is 362 g/mol. The van der Waals surface area contributed by atoms with Gasteiger partial charge in [0.2, 0.25) is 5.89 Å². The molecule has 25 heavy (non-hydrogen) atoms. The van der Waals surface area contributed by atoms with Crippen LogP contribution in [0.4, 0.5) is 8.78 Å². The lowest BCUT2D eigenvalue weighted by atomic mass is 10.1. The Bertz CT molecular complexity index is 848. The summed E-state index contributed by atoms with van der Waals surface area (Å²) in [6, 6.07) is 12.7. The summed E-state index contributed by atoms with van der Waals surface area (Å²) in [6.45, 7) is 1.15. The number of alkyl halides is 2. The highest BCUT2D eigenvalue weighted by molar-refractivity contribution is 7.98. The zero-order valence-corrected chi connectivity index (χ0v) is 14.5. The van der Waals surface area contributed by atoms with Crippen LogP contribution in [-0.2, 0) is 5.75 Å². The van der Waals surface area contributed by atoms with E-state index in [2.05, 4.69) is 21.0 Å². The van der Waals surface area contributed by atoms with Gasteiger partial charge in [-0.2, -0.15) is 8.78 Å². The first-order chi connectivity index (χ1) is 12.0. The number of benzene rings is 2. The van der Waals surface area contributed by atoms with Crippen LogP contribution in [0.25, 0.3) is 11.5 Å². The van der Waals surface area contributed by atoms with Gasteiger partial charge in [-0.1, -0.05) is 47.2 Å². The smallest absolute Gasteiger partial charge is 0.387 e. The van der Waals surface area contributed by atoms with Gasteiger partial charge in [0.25, 0.3) is 5.22 Å². The lowest BCUT2D eigenvalue weighted by Gasteiger charge is -2.09. The van der Waals surface area contributed by atoms with Crippen LogP contribution in [0.15, 0.2) is 52.1 Å². The number of ether oxygens (including phenoxy) is 1. The molecule has 0 aliphatic heterocycles. The normalized spacial score (nSPS) is 11.1. The summed E-state index contributed by atoms with van der Waals surface area (Å²) in [7, 11) is 0. The molecule has 0 bridgehead atoms. The molecule has 0 amide bonds. The SMILES string of the molecule is Cc1cc(C)cc(-c2nnc(SCc3ccccc3OC(F)F)o2)c1. The maximum absolute atomic E-state index is 12.5. The molecule has 4 nitrogen and oxygen atoms in total. The van der Waals surface area contributed by atoms with Crippen molar-refractivity contribution in [3.05, 3.63) is 59.2 Å². The van der Waals surface area contributed by atoms with Gasteiger partial charge in [0.15, 0.2) is 0 Å². The third kappa shape index (κ3) is 4.57. The largest absolute Gasteiger partial charge is 0.435 e. The van der Waals surface area contributed by atoms with Gasteiger partial charge in [0.05, 0.1) is 0 Å². The number of aromatic nitrogens is 2. The number of halogens is 2. The second-order valence-electron chi connectivity index (χ2n) is 5.52. The van der Waals surface area contributed by atoms with Crippen LogP contribution in [0.3, 0.4) is 0 Å². The number of nitrogens with zero attached hydrogens (tertiary/aromatic N) is 2. The van der Waals surface area contributed by atoms with Crippen molar-refractivity contribution in [1.29, 1.82) is 0 Å². The monoisotopic (exact) mass is 362 g/mol. The molecule has 0 aliphatic carbocycles. The molecule has 130 valence electrons. The van der Waals surface area contributed by atoms with Crippen molar-refractivity contribution in [2.45, 2.75) is 31.4 Å². The maximum atomic E-state index is 12.5. The average Bonchev–Trinajstić information content (AvgIpc) is 3.01. The summed E-state index contributed by atoms with van der Waals surface area (Å²) in [6.07, 6.45) is 0. The Labute approximate surface area is 148 Å². The molecule has 3 rings (SSSR count). The van der Waals surface area contributed by atoms with Crippen molar-refractivity contribution in [2.75, 3.05) is 0 Å². The molecular weight excluding hydrogens is 346 g/mol. The number of rotatable bonds is 6. The molecule has 0 spiro atoms. The van der Waals surface area contributed by atoms with Crippen molar-refractivity contribution in [1.82, 2.24) is 10.2 Å². The molecule has 2 aromatic carbocycles. The number of thioether (sulfide) groups is 1. The van der Waals surface area contributed by atoms with E-state index in [-0.39, 0.29) is 5.75 Å². The van der Waals surface area contributed by atoms with Crippen LogP contribution < -0.4 is 4.74 Å². The van der Waals surface area contributed by atoms with Crippen LogP contribution in [0.1, 0.15) is 16.7 Å². The van der Waals surface area contributed by atoms with E-state index in [0.717, 1.165) is 16.7 Å². The maximum Gasteiger partial charge on any atom is 0.387 e. The van der Waals surface area contributed by atoms with Crippen LogP contribution in [0.2, 0.25) is 0 Å². The molecule has 0 fully saturated rings. The molecule has 0 unspecified atom stereocenters. The van der Waals surface area contributed by atoms with Crippen LogP contribution >= 0.6 is 11.8 Å². The van der Waals surface area contributed by atoms with Crippen molar-refractivity contribution < 1.29 is 17.9 Å². The van der Waals surface area contributed by atoms with Crippen molar-refractivity contribution in [3.8, 4) is 17.2 Å². The van der Waals surface area contributed by atoms with E-state index in [0.29, 0.717) is 22.4 Å². The van der Waals surface area contributed by atoms with Crippen molar-refractivity contribution in [3.63, 3.8) is 0 Å². The minimum atomic E-state index is -2.86. The van der Waals surface area contributed by atoms with Gasteiger partial charge in [-0.3, -0.25) is 0 Å². The highest BCUT2D eigenvalue weighted by Crippen LogP contribution is 2.30. The molecule has 0 atom stereocenters. The summed E-state index contributed by atoms with van der Waals surface area (Å²) >= 11 is 1.27. The van der Waals surface area contributed by atoms with E-state index in [4.69, 9.17) is 4.42 Å². The van der Waals surface area contributed by atoms with E-state index >= 15 is 0 Å². The predicted molar refractivity (Wildman–Crippen MR) is 91.8 cm³/mol. The van der Waals surface area contributed by atoms with Crippen molar-refractivity contribution in [2.24, 2.45) is 0 Å². The van der Waals surface area contributed by atoms with E-state index in [9.17, 15) is 8.78 Å². The summed E-state index contributed by atoms with van der Waals surface area (Å²) in [5.41, 5.74) is 3.72. The third-order valence-corrected chi connectivity index (χ3v) is 4.28. The summed E-state index contributed by atoms with van der Waals surface area (Å²) in [5, 5.41) is 8.45. The third-order valence-electron chi connectivity index (χ3n) is 3.41. The molecule has 0 saturated carbocycles. The van der Waals surface area contributed by atoms with Gasteiger partial charge >= 0.3 is 6.61 Å². The topological polar surface area (TPSA) is 48.2 Å². The van der Waals surface area contributed by atoms with Crippen LogP contribution in [-0.4, -0.2) is 16.8 Å². The van der Waals surface area contributed by atoms with E-state index < -0.39 is 6.61 Å². The molecular formula is C18H16F2N2O2S. The van der Waals surface area contributed by atoms with Gasteiger partial charge in [0, 0.05) is 16.9 Å². The minimum absolute atomic E-state index is 0.152. The molecule has 3 aromatic rings. The summed E-state index contributed by atoms with van der Waals surface area (Å²) in [5.74, 6) is 0.975. The standard InChI is InChI=1S/C18H16F2N2O2S/c1-11-7-12(2)9-14(8-11)16-21-22-18(24-16)25-10-13-5-3-4-6-15(13)23-17(19)20/h3-9,17H,10H2,1-2H3. The Balaban J connectivity index is 1.72. The van der Waals surface area contributed by atoms with Gasteiger partial charge in [-0.15, -0.1) is 10.2 Å². The molecule has 0 aliphatic rings. The lowest BCUT2D eigenvalue weighted by molar-refractivity contribution is -0.0503. The molecule has 0 radical (unpaired) electrons. The first-order valence-electron chi connectivity index (χ1n) is 7.59. The molecule has 0 saturated heterocycles. The van der Waals surface area contributed by atoms with E-state index in [1.807, 2.05) is 26.0 Å². The highest BCUT2D eigenvalue weighted by atomic mass is 32.2. The Morgan fingerprint density at radius 3 is 2.52 bits per heavy atom. The Morgan fingerprint density at radius 2 is 1.80 bits per heavy atom. The Kier molecular flexibility index (Phi) is 5.33. The first-order valence-corrected chi connectivity index (χ1v) is 8.57. The van der Waals surface area contributed by atoms with Crippen LogP contribution in [0, 0.1) is 13.8 Å². The number of aryl methyl sites for hydroxylation is 2. The quantitative estimate of drug-likeness (QED) is 0.561. The Hall–Kier alpha value is -2.41. The highest BCUT2D eigenvalue weighted by Gasteiger charge is 2.13. The summed E-state index contributed by atoms with van der Waals surface area (Å²) < 4.78 is 35.1. The fourth-order valence-corrected chi connectivity index (χ4v) is 3.21. The fraction of sp³-hybridized carbons (Fsp3) is 0.222. The molecule has 1 aromatic heterocycles. The van der Waals surface area contributed by atoms with Crippen molar-refractivity contribution >= 4 is 11.8 Å². The second-order valence-corrected chi connectivity index (χ2v) is 6.45. The second kappa shape index (κ2) is 7.65. The Morgan fingerprint density at radius 1 is 1.08 bits per heavy atom.